The summed E-state index contributed by atoms with van der Waals surface area (Å²) in [5.41, 5.74) is 3.36. The minimum absolute atomic E-state index is 0. The van der Waals surface area contributed by atoms with Crippen molar-refractivity contribution in [3.63, 3.8) is 0 Å². The van der Waals surface area contributed by atoms with Crippen molar-refractivity contribution in [2.75, 3.05) is 41.0 Å². The Morgan fingerprint density at radius 1 is 0.923 bits per heavy atom. The van der Waals surface area contributed by atoms with Gasteiger partial charge in [0.1, 0.15) is 0 Å². The van der Waals surface area contributed by atoms with E-state index < -0.39 is 5.97 Å². The van der Waals surface area contributed by atoms with Crippen molar-refractivity contribution in [2.45, 2.75) is 52.7 Å². The zero-order chi connectivity index (χ0) is 27.2. The lowest BCUT2D eigenvalue weighted by Crippen LogP contribution is -2.30. The molecule has 2 heterocycles. The van der Waals surface area contributed by atoms with Crippen LogP contribution in [0.5, 0.6) is 23.0 Å². The van der Waals surface area contributed by atoms with Crippen molar-refractivity contribution in [3.8, 4) is 34.1 Å². The number of carbonyl (C=O) groups excluding carboxylic acids is 1. The summed E-state index contributed by atoms with van der Waals surface area (Å²) < 4.78 is 28.5. The standard InChI is InChI=1S/C30H38N2O6.ClH/c1-7-37-30(33)29-23(18-32-13-9-8-10-14-32)31-22-17-26(36-6)25(35-5)16-21(22)28(29)20-11-12-24(34-4)27(15-20)38-19(2)3;/h11-12,15-17,19H,7-10,13-14,18H2,1-6H3;1H. The van der Waals surface area contributed by atoms with Gasteiger partial charge in [-0.05, 0) is 70.5 Å². The lowest BCUT2D eigenvalue weighted by Gasteiger charge is -2.27. The molecule has 212 valence electrons. The minimum atomic E-state index is -0.402. The number of aromatic nitrogens is 1. The largest absolute Gasteiger partial charge is 0.493 e. The van der Waals surface area contributed by atoms with Crippen LogP contribution >= 0.6 is 12.4 Å². The highest BCUT2D eigenvalue weighted by atomic mass is 35.5. The van der Waals surface area contributed by atoms with Gasteiger partial charge in [-0.25, -0.2) is 4.79 Å². The van der Waals surface area contributed by atoms with E-state index in [1.807, 2.05) is 51.1 Å². The summed E-state index contributed by atoms with van der Waals surface area (Å²) in [7, 11) is 4.81. The molecule has 1 aliphatic rings. The van der Waals surface area contributed by atoms with Gasteiger partial charge >= 0.3 is 5.97 Å². The Balaban J connectivity index is 0.00000420. The van der Waals surface area contributed by atoms with Crippen LogP contribution in [0.1, 0.15) is 56.1 Å². The van der Waals surface area contributed by atoms with Crippen LogP contribution in [0.2, 0.25) is 0 Å². The van der Waals surface area contributed by atoms with Gasteiger partial charge < -0.3 is 23.7 Å². The first-order valence-corrected chi connectivity index (χ1v) is 13.2. The second-order valence-corrected chi connectivity index (χ2v) is 9.62. The Hall–Kier alpha value is -3.23. The van der Waals surface area contributed by atoms with Gasteiger partial charge in [0.2, 0.25) is 0 Å². The number of methoxy groups -OCH3 is 3. The van der Waals surface area contributed by atoms with Crippen molar-refractivity contribution < 1.29 is 28.5 Å². The molecule has 0 atom stereocenters. The van der Waals surface area contributed by atoms with Crippen LogP contribution in [0.4, 0.5) is 0 Å². The van der Waals surface area contributed by atoms with Crippen molar-refractivity contribution in [1.29, 1.82) is 0 Å². The Morgan fingerprint density at radius 3 is 2.21 bits per heavy atom. The first-order valence-electron chi connectivity index (χ1n) is 13.2. The Bertz CT molecular complexity index is 1290. The van der Waals surface area contributed by atoms with Gasteiger partial charge in [0, 0.05) is 23.6 Å². The van der Waals surface area contributed by atoms with Gasteiger partial charge in [-0.1, -0.05) is 12.5 Å². The van der Waals surface area contributed by atoms with Crippen LogP contribution in [0, 0.1) is 0 Å². The van der Waals surface area contributed by atoms with Gasteiger partial charge in [-0.2, -0.15) is 0 Å². The highest BCUT2D eigenvalue weighted by Crippen LogP contribution is 2.42. The van der Waals surface area contributed by atoms with E-state index >= 15 is 0 Å². The normalized spacial score (nSPS) is 13.6. The van der Waals surface area contributed by atoms with Gasteiger partial charge in [0.15, 0.2) is 23.0 Å². The molecule has 4 rings (SSSR count). The number of carbonyl (C=O) groups is 1. The summed E-state index contributed by atoms with van der Waals surface area (Å²) in [6, 6.07) is 9.44. The zero-order valence-electron chi connectivity index (χ0n) is 23.7. The van der Waals surface area contributed by atoms with Gasteiger partial charge in [0.05, 0.1) is 50.8 Å². The number of nitrogens with zero attached hydrogens (tertiary/aromatic N) is 2. The molecule has 0 amide bonds. The van der Waals surface area contributed by atoms with Crippen LogP contribution in [-0.2, 0) is 11.3 Å². The average molecular weight is 559 g/mol. The van der Waals surface area contributed by atoms with E-state index in [2.05, 4.69) is 4.90 Å². The molecule has 0 N–H and O–H groups in total. The number of benzene rings is 2. The third kappa shape index (κ3) is 6.68. The van der Waals surface area contributed by atoms with Gasteiger partial charge in [-0.3, -0.25) is 9.88 Å². The molecule has 8 nitrogen and oxygen atoms in total. The van der Waals surface area contributed by atoms with Crippen LogP contribution in [0.15, 0.2) is 30.3 Å². The smallest absolute Gasteiger partial charge is 0.340 e. The molecule has 2 aromatic carbocycles. The average Bonchev–Trinajstić information content (AvgIpc) is 2.91. The summed E-state index contributed by atoms with van der Waals surface area (Å²) in [5.74, 6) is 1.93. The van der Waals surface area contributed by atoms with Gasteiger partial charge in [0.25, 0.3) is 0 Å². The third-order valence-corrected chi connectivity index (χ3v) is 6.68. The lowest BCUT2D eigenvalue weighted by molar-refractivity contribution is 0.0524. The molecule has 1 fully saturated rings. The molecule has 39 heavy (non-hydrogen) atoms. The van der Waals surface area contributed by atoms with Crippen LogP contribution in [-0.4, -0.2) is 63.0 Å². The Labute approximate surface area is 237 Å². The monoisotopic (exact) mass is 558 g/mol. The quantitative estimate of drug-likeness (QED) is 0.268. The molecule has 9 heteroatoms. The zero-order valence-corrected chi connectivity index (χ0v) is 24.5. The number of ether oxygens (including phenoxy) is 5. The van der Waals surface area contributed by atoms with E-state index in [0.29, 0.717) is 46.3 Å². The summed E-state index contributed by atoms with van der Waals surface area (Å²) in [4.78, 5) is 21.0. The van der Waals surface area contributed by atoms with Crippen molar-refractivity contribution in [1.82, 2.24) is 9.88 Å². The fraction of sp³-hybridized carbons (Fsp3) is 0.467. The highest BCUT2D eigenvalue weighted by molar-refractivity contribution is 6.08. The lowest BCUT2D eigenvalue weighted by atomic mass is 9.93. The fourth-order valence-corrected chi connectivity index (χ4v) is 4.99. The van der Waals surface area contributed by atoms with Crippen LogP contribution in [0.25, 0.3) is 22.0 Å². The molecule has 0 bridgehead atoms. The number of pyridine rings is 1. The molecule has 0 radical (unpaired) electrons. The summed E-state index contributed by atoms with van der Waals surface area (Å²) in [6.07, 6.45) is 3.43. The van der Waals surface area contributed by atoms with E-state index in [1.165, 1.54) is 6.42 Å². The molecule has 0 unspecified atom stereocenters. The number of piperidine rings is 1. The van der Waals surface area contributed by atoms with E-state index in [1.54, 1.807) is 21.3 Å². The number of halogens is 1. The number of likely N-dealkylation sites (tertiary alicyclic amines) is 1. The molecule has 1 saturated heterocycles. The predicted molar refractivity (Wildman–Crippen MR) is 155 cm³/mol. The van der Waals surface area contributed by atoms with E-state index in [4.69, 9.17) is 28.7 Å². The Morgan fingerprint density at radius 2 is 1.59 bits per heavy atom. The second-order valence-electron chi connectivity index (χ2n) is 9.62. The molecule has 0 saturated carbocycles. The number of fused-ring (bicyclic) bond motifs is 1. The van der Waals surface area contributed by atoms with E-state index in [0.717, 1.165) is 42.4 Å². The van der Waals surface area contributed by atoms with Crippen molar-refractivity contribution >= 4 is 29.3 Å². The maximum absolute atomic E-state index is 13.6. The summed E-state index contributed by atoms with van der Waals surface area (Å²) >= 11 is 0. The van der Waals surface area contributed by atoms with E-state index in [-0.39, 0.29) is 25.1 Å². The summed E-state index contributed by atoms with van der Waals surface area (Å²) in [6.45, 7) is 8.49. The first-order chi connectivity index (χ1) is 18.4. The molecule has 0 spiro atoms. The first kappa shape index (κ1) is 30.3. The second kappa shape index (κ2) is 13.7. The third-order valence-electron chi connectivity index (χ3n) is 6.68. The molecule has 1 aliphatic heterocycles. The molecular weight excluding hydrogens is 520 g/mol. The molecule has 1 aromatic heterocycles. The van der Waals surface area contributed by atoms with Crippen molar-refractivity contribution in [3.05, 3.63) is 41.6 Å². The maximum atomic E-state index is 13.6. The molecule has 0 aliphatic carbocycles. The number of esters is 1. The predicted octanol–water partition coefficient (Wildman–Crippen LogP) is 6.30. The van der Waals surface area contributed by atoms with Gasteiger partial charge in [-0.15, -0.1) is 12.4 Å². The minimum Gasteiger partial charge on any atom is -0.493 e. The van der Waals surface area contributed by atoms with Crippen LogP contribution in [0.3, 0.4) is 0 Å². The number of hydrogen-bond donors (Lipinski definition) is 0. The number of hydrogen-bond acceptors (Lipinski definition) is 8. The summed E-state index contributed by atoms with van der Waals surface area (Å²) in [5, 5.41) is 0.758. The SMILES string of the molecule is CCOC(=O)c1c(CN2CCCCC2)nc2cc(OC)c(OC)cc2c1-c1ccc(OC)c(OC(C)C)c1.Cl. The topological polar surface area (TPSA) is 79.4 Å². The maximum Gasteiger partial charge on any atom is 0.340 e. The number of rotatable bonds is 10. The fourth-order valence-electron chi connectivity index (χ4n) is 4.99. The van der Waals surface area contributed by atoms with Crippen molar-refractivity contribution in [2.24, 2.45) is 0 Å². The highest BCUT2D eigenvalue weighted by Gasteiger charge is 2.27. The molecule has 3 aromatic rings. The van der Waals surface area contributed by atoms with E-state index in [9.17, 15) is 4.79 Å². The Kier molecular flexibility index (Phi) is 10.7. The molecular formula is C30H39ClN2O6. The van der Waals surface area contributed by atoms with Crippen LogP contribution < -0.4 is 18.9 Å².